The van der Waals surface area contributed by atoms with Gasteiger partial charge in [-0.05, 0) is 41.3 Å². The normalized spacial score (nSPS) is 12.6. The van der Waals surface area contributed by atoms with E-state index in [1.807, 2.05) is 11.3 Å². The van der Waals surface area contributed by atoms with Crippen molar-refractivity contribution in [2.24, 2.45) is 0 Å². The average Bonchev–Trinajstić information content (AvgIpc) is 3.63. The van der Waals surface area contributed by atoms with E-state index in [1.165, 1.54) is 52.2 Å². The lowest BCUT2D eigenvalue weighted by Crippen LogP contribution is -2.17. The molecule has 0 spiro atoms. The number of rotatable bonds is 2. The van der Waals surface area contributed by atoms with Gasteiger partial charge in [0.25, 0.3) is 0 Å². The molecule has 5 heteroatoms. The minimum absolute atomic E-state index is 0.692. The second-order valence-electron chi connectivity index (χ2n) is 11.0. The summed E-state index contributed by atoms with van der Waals surface area (Å²) in [7, 11) is 0. The first-order valence-electron chi connectivity index (χ1n) is 14.3. The fourth-order valence-electron chi connectivity index (χ4n) is 6.81. The molecule has 0 atom stereocenters. The molecular weight excluding hydrogens is 563 g/mol. The predicted octanol–water partition coefficient (Wildman–Crippen LogP) is 11.5. The second kappa shape index (κ2) is 8.71. The van der Waals surface area contributed by atoms with Crippen molar-refractivity contribution >= 4 is 91.2 Å². The first-order chi connectivity index (χ1) is 21.3. The van der Waals surface area contributed by atoms with Crippen LogP contribution in [0.2, 0.25) is 0 Å². The maximum atomic E-state index is 5.52. The number of hydrogen-bond acceptors (Lipinski definition) is 5. The molecule has 200 valence electrons. The Morgan fingerprint density at radius 2 is 1.12 bits per heavy atom. The van der Waals surface area contributed by atoms with Crippen LogP contribution in [0, 0.1) is 0 Å². The van der Waals surface area contributed by atoms with Crippen molar-refractivity contribution in [1.82, 2.24) is 9.97 Å². The summed E-state index contributed by atoms with van der Waals surface area (Å²) in [6.45, 7) is 0. The van der Waals surface area contributed by atoms with Crippen molar-refractivity contribution in [1.29, 1.82) is 0 Å². The molecule has 3 aromatic heterocycles. The van der Waals surface area contributed by atoms with Crippen LogP contribution in [0.15, 0.2) is 127 Å². The highest BCUT2D eigenvalue weighted by Crippen LogP contribution is 2.51. The number of thiophene rings is 2. The first kappa shape index (κ1) is 23.5. The zero-order chi connectivity index (χ0) is 28.1. The molecule has 0 radical (unpaired) electrons. The Bertz CT molecular complexity index is 2590. The minimum Gasteiger partial charge on any atom is -0.278 e. The van der Waals surface area contributed by atoms with Crippen LogP contribution in [0.3, 0.4) is 0 Å². The molecule has 0 N–H and O–H groups in total. The second-order valence-corrected chi connectivity index (χ2v) is 13.1. The van der Waals surface area contributed by atoms with Gasteiger partial charge < -0.3 is 0 Å². The lowest BCUT2D eigenvalue weighted by atomic mass is 9.91. The van der Waals surface area contributed by atoms with Gasteiger partial charge in [0.05, 0.1) is 27.3 Å². The van der Waals surface area contributed by atoms with E-state index in [-0.39, 0.29) is 0 Å². The molecule has 0 amide bonds. The standard InChI is InChI=1S/C38H21N3S2/c1-4-17-28-23(12-1)24-15-7-10-22-11-8-18-29(33(22)24)41(28)38-39-35-26-14-3-6-20-31(26)43-37(35)36(40-38)27-16-9-21-32-34(27)25-13-2-5-19-30(25)42-32/h1-21H. The van der Waals surface area contributed by atoms with Gasteiger partial charge in [0.15, 0.2) is 0 Å². The minimum atomic E-state index is 0.692. The molecule has 0 unspecified atom stereocenters. The maximum Gasteiger partial charge on any atom is 0.235 e. The topological polar surface area (TPSA) is 29.0 Å². The Morgan fingerprint density at radius 1 is 0.465 bits per heavy atom. The SMILES string of the molecule is c1ccc2c(c1)-c1cccc3cccc(c13)N2c1nc(-c2cccc3sc4ccccc4c23)c2sc3ccccc3c2n1. The summed E-state index contributed by atoms with van der Waals surface area (Å²) in [5.74, 6) is 0.692. The van der Waals surface area contributed by atoms with Crippen LogP contribution >= 0.6 is 22.7 Å². The number of nitrogens with zero attached hydrogens (tertiary/aromatic N) is 3. The van der Waals surface area contributed by atoms with Crippen molar-refractivity contribution in [2.45, 2.75) is 0 Å². The van der Waals surface area contributed by atoms with E-state index in [0.29, 0.717) is 5.95 Å². The Labute approximate surface area is 254 Å². The van der Waals surface area contributed by atoms with Gasteiger partial charge in [-0.15, -0.1) is 22.7 Å². The Kier molecular flexibility index (Phi) is 4.75. The molecule has 1 aliphatic heterocycles. The van der Waals surface area contributed by atoms with Crippen molar-refractivity contribution < 1.29 is 0 Å². The molecule has 0 bridgehead atoms. The van der Waals surface area contributed by atoms with Crippen LogP contribution in [-0.2, 0) is 0 Å². The summed E-state index contributed by atoms with van der Waals surface area (Å²) < 4.78 is 4.91. The monoisotopic (exact) mass is 583 g/mol. The molecule has 43 heavy (non-hydrogen) atoms. The molecule has 0 fully saturated rings. The number of anilines is 3. The van der Waals surface area contributed by atoms with Gasteiger partial charge in [-0.3, -0.25) is 4.90 Å². The van der Waals surface area contributed by atoms with E-state index in [0.717, 1.165) is 32.8 Å². The molecule has 0 saturated carbocycles. The summed E-state index contributed by atoms with van der Waals surface area (Å²) in [5.41, 5.74) is 7.78. The van der Waals surface area contributed by atoms with E-state index in [2.05, 4.69) is 132 Å². The molecule has 6 aromatic carbocycles. The molecule has 0 saturated heterocycles. The highest BCUT2D eigenvalue weighted by Gasteiger charge is 2.29. The lowest BCUT2D eigenvalue weighted by Gasteiger charge is -2.32. The molecule has 3 nitrogen and oxygen atoms in total. The van der Waals surface area contributed by atoms with Crippen molar-refractivity contribution in [3.05, 3.63) is 127 Å². The molecule has 0 aliphatic carbocycles. The summed E-state index contributed by atoms with van der Waals surface area (Å²) >= 11 is 3.63. The number of benzene rings is 6. The van der Waals surface area contributed by atoms with Crippen molar-refractivity contribution in [3.8, 4) is 22.4 Å². The van der Waals surface area contributed by atoms with Crippen LogP contribution in [0.4, 0.5) is 17.3 Å². The zero-order valence-corrected chi connectivity index (χ0v) is 24.4. The van der Waals surface area contributed by atoms with Crippen LogP contribution in [0.5, 0.6) is 0 Å². The van der Waals surface area contributed by atoms with Crippen LogP contribution in [0.1, 0.15) is 0 Å². The quantitative estimate of drug-likeness (QED) is 0.203. The molecule has 4 heterocycles. The van der Waals surface area contributed by atoms with Crippen LogP contribution in [0.25, 0.3) is 73.6 Å². The van der Waals surface area contributed by atoms with E-state index < -0.39 is 0 Å². The van der Waals surface area contributed by atoms with E-state index in [9.17, 15) is 0 Å². The largest absolute Gasteiger partial charge is 0.278 e. The van der Waals surface area contributed by atoms with Crippen LogP contribution in [-0.4, -0.2) is 9.97 Å². The van der Waals surface area contributed by atoms with E-state index in [1.54, 1.807) is 11.3 Å². The van der Waals surface area contributed by atoms with E-state index in [4.69, 9.17) is 9.97 Å². The van der Waals surface area contributed by atoms with E-state index >= 15 is 0 Å². The average molecular weight is 584 g/mol. The van der Waals surface area contributed by atoms with Gasteiger partial charge in [-0.1, -0.05) is 97.1 Å². The Hall–Kier alpha value is -5.10. The van der Waals surface area contributed by atoms with Crippen LogP contribution < -0.4 is 4.90 Å². The number of fused-ring (bicyclic) bond motifs is 8. The molecule has 9 aromatic rings. The third kappa shape index (κ3) is 3.23. The number of para-hydroxylation sites is 1. The molecule has 1 aliphatic rings. The van der Waals surface area contributed by atoms with Gasteiger partial charge >= 0.3 is 0 Å². The summed E-state index contributed by atoms with van der Waals surface area (Å²) in [5, 5.41) is 6.15. The smallest absolute Gasteiger partial charge is 0.235 e. The summed E-state index contributed by atoms with van der Waals surface area (Å²) in [4.78, 5) is 13.2. The van der Waals surface area contributed by atoms with Crippen molar-refractivity contribution in [3.63, 3.8) is 0 Å². The molecular formula is C38H21N3S2. The third-order valence-electron chi connectivity index (χ3n) is 8.62. The maximum absolute atomic E-state index is 5.52. The fourth-order valence-corrected chi connectivity index (χ4v) is 9.09. The van der Waals surface area contributed by atoms with Gasteiger partial charge in [0.2, 0.25) is 5.95 Å². The van der Waals surface area contributed by atoms with Gasteiger partial charge in [-0.2, -0.15) is 0 Å². The predicted molar refractivity (Wildman–Crippen MR) is 184 cm³/mol. The Morgan fingerprint density at radius 3 is 2.02 bits per heavy atom. The highest BCUT2D eigenvalue weighted by atomic mass is 32.1. The van der Waals surface area contributed by atoms with Gasteiger partial charge in [0, 0.05) is 46.8 Å². The summed E-state index contributed by atoms with van der Waals surface area (Å²) in [6.07, 6.45) is 0. The zero-order valence-electron chi connectivity index (χ0n) is 22.8. The fraction of sp³-hybridized carbons (Fsp3) is 0. The summed E-state index contributed by atoms with van der Waals surface area (Å²) in [6, 6.07) is 45.7. The first-order valence-corrected chi connectivity index (χ1v) is 16.0. The Balaban J connectivity index is 1.36. The van der Waals surface area contributed by atoms with Gasteiger partial charge in [-0.25, -0.2) is 9.97 Å². The van der Waals surface area contributed by atoms with Gasteiger partial charge in [0.1, 0.15) is 0 Å². The third-order valence-corrected chi connectivity index (χ3v) is 10.9. The highest BCUT2D eigenvalue weighted by molar-refractivity contribution is 7.26. The number of hydrogen-bond donors (Lipinski definition) is 0. The van der Waals surface area contributed by atoms with Crippen molar-refractivity contribution in [2.75, 3.05) is 4.90 Å². The lowest BCUT2D eigenvalue weighted by molar-refractivity contribution is 1.12. The number of aromatic nitrogens is 2. The molecule has 10 rings (SSSR count).